The number of rotatable bonds is 4. The van der Waals surface area contributed by atoms with E-state index < -0.39 is 0 Å². The Bertz CT molecular complexity index is 1860. The van der Waals surface area contributed by atoms with Gasteiger partial charge < -0.3 is 14.4 Å². The molecule has 3 heterocycles. The summed E-state index contributed by atoms with van der Waals surface area (Å²) in [6.07, 6.45) is 3.63. The minimum absolute atomic E-state index is 0. The maximum absolute atomic E-state index is 6.12. The number of pyridine rings is 2. The van der Waals surface area contributed by atoms with Crippen LogP contribution in [0.4, 0.5) is 0 Å². The summed E-state index contributed by atoms with van der Waals surface area (Å²) in [4.78, 5) is 8.73. The normalized spacial score (nSPS) is 10.4. The molecule has 0 spiro atoms. The van der Waals surface area contributed by atoms with Crippen molar-refractivity contribution in [1.82, 2.24) is 9.97 Å². The number of fused-ring (bicyclic) bond motifs is 1. The second-order valence-corrected chi connectivity index (χ2v) is 9.83. The van der Waals surface area contributed by atoms with Crippen molar-refractivity contribution in [3.8, 4) is 45.0 Å². The van der Waals surface area contributed by atoms with Crippen molar-refractivity contribution in [2.75, 3.05) is 0 Å². The molecule has 7 aromatic rings. The third-order valence-corrected chi connectivity index (χ3v) is 6.98. The van der Waals surface area contributed by atoms with Gasteiger partial charge in [0.25, 0.3) is 0 Å². The van der Waals surface area contributed by atoms with Crippen molar-refractivity contribution in [2.24, 2.45) is 0 Å². The van der Waals surface area contributed by atoms with Gasteiger partial charge in [0.1, 0.15) is 11.3 Å². The molecule has 207 valence electrons. The van der Waals surface area contributed by atoms with Crippen LogP contribution in [-0.4, -0.2) is 9.97 Å². The smallest absolute Gasteiger partial charge is 0.135 e. The summed E-state index contributed by atoms with van der Waals surface area (Å²) in [6, 6.07) is 47.0. The fourth-order valence-electron chi connectivity index (χ4n) is 4.85. The summed E-state index contributed by atoms with van der Waals surface area (Å²) in [6.45, 7) is 4.24. The van der Waals surface area contributed by atoms with Gasteiger partial charge in [0.2, 0.25) is 0 Å². The van der Waals surface area contributed by atoms with Gasteiger partial charge in [-0.15, -0.1) is 71.3 Å². The number of benzene rings is 4. The topological polar surface area (TPSA) is 38.9 Å². The van der Waals surface area contributed by atoms with Gasteiger partial charge in [0.15, 0.2) is 0 Å². The van der Waals surface area contributed by atoms with E-state index >= 15 is 0 Å². The molecule has 3 nitrogen and oxygen atoms in total. The van der Waals surface area contributed by atoms with Crippen LogP contribution < -0.4 is 0 Å². The van der Waals surface area contributed by atoms with E-state index in [0.29, 0.717) is 0 Å². The standard InChI is InChI=1S/C27H20NO.C11H8N.Ir/c1-18-13-14-28-25(15-18)22-10-6-9-21(16-22)23-11-12-26-24(19(23)2)17-27(29-26)20-7-4-3-5-8-20;1-2-6-10(7-3-1)11-8-4-5-9-12-11;/h3-9,11-17H,1-2H3;1-6,8-9H;/q2*-1;. The molecule has 1 radical (unpaired) electrons. The molecule has 0 amide bonds. The van der Waals surface area contributed by atoms with Gasteiger partial charge in [-0.2, -0.15) is 0 Å². The summed E-state index contributed by atoms with van der Waals surface area (Å²) in [5.74, 6) is 0.895. The van der Waals surface area contributed by atoms with Crippen molar-refractivity contribution in [3.63, 3.8) is 0 Å². The van der Waals surface area contributed by atoms with Gasteiger partial charge in [0.05, 0.1) is 0 Å². The summed E-state index contributed by atoms with van der Waals surface area (Å²) in [5, 5.41) is 1.14. The molecule has 42 heavy (non-hydrogen) atoms. The predicted octanol–water partition coefficient (Wildman–Crippen LogP) is 9.79. The molecule has 0 saturated carbocycles. The van der Waals surface area contributed by atoms with E-state index in [4.69, 9.17) is 4.42 Å². The number of furan rings is 1. The molecule has 0 N–H and O–H groups in total. The van der Waals surface area contributed by atoms with Crippen LogP contribution in [0.2, 0.25) is 0 Å². The van der Waals surface area contributed by atoms with E-state index in [1.165, 1.54) is 16.7 Å². The van der Waals surface area contributed by atoms with E-state index in [1.54, 1.807) is 6.20 Å². The van der Waals surface area contributed by atoms with Crippen molar-refractivity contribution in [2.45, 2.75) is 13.8 Å². The van der Waals surface area contributed by atoms with Crippen LogP contribution >= 0.6 is 0 Å². The fourth-order valence-corrected chi connectivity index (χ4v) is 4.85. The Kier molecular flexibility index (Phi) is 9.18. The molecule has 0 aliphatic heterocycles. The van der Waals surface area contributed by atoms with E-state index in [9.17, 15) is 0 Å². The Morgan fingerprint density at radius 3 is 2.14 bits per heavy atom. The molecule has 4 heteroatoms. The van der Waals surface area contributed by atoms with E-state index in [1.807, 2.05) is 79.0 Å². The first-order valence-electron chi connectivity index (χ1n) is 13.6. The molecular weight excluding hydrogens is 693 g/mol. The minimum atomic E-state index is 0. The fraction of sp³-hybridized carbons (Fsp3) is 0.0526. The van der Waals surface area contributed by atoms with Crippen LogP contribution in [-0.2, 0) is 20.1 Å². The van der Waals surface area contributed by atoms with Crippen LogP contribution in [0, 0.1) is 26.0 Å². The molecular formula is C38H28IrN2O-2. The zero-order chi connectivity index (χ0) is 28.0. The van der Waals surface area contributed by atoms with Crippen molar-refractivity contribution < 1.29 is 24.5 Å². The number of nitrogens with zero attached hydrogens (tertiary/aromatic N) is 2. The molecule has 3 aromatic heterocycles. The largest absolute Gasteiger partial charge is 0.456 e. The summed E-state index contributed by atoms with van der Waals surface area (Å²) in [7, 11) is 0. The third-order valence-electron chi connectivity index (χ3n) is 6.98. The number of aromatic nitrogens is 2. The monoisotopic (exact) mass is 721 g/mol. The minimum Gasteiger partial charge on any atom is -0.456 e. The second-order valence-electron chi connectivity index (χ2n) is 9.83. The van der Waals surface area contributed by atoms with E-state index in [0.717, 1.165) is 50.4 Å². The predicted molar refractivity (Wildman–Crippen MR) is 167 cm³/mol. The molecule has 0 aliphatic rings. The molecule has 0 bridgehead atoms. The molecule has 0 unspecified atom stereocenters. The van der Waals surface area contributed by atoms with E-state index in [2.05, 4.69) is 84.5 Å². The number of hydrogen-bond donors (Lipinski definition) is 0. The average molecular weight is 721 g/mol. The molecule has 0 fully saturated rings. The summed E-state index contributed by atoms with van der Waals surface area (Å²) >= 11 is 0. The van der Waals surface area contributed by atoms with Crippen LogP contribution in [0.3, 0.4) is 0 Å². The Balaban J connectivity index is 0.000000228. The number of aryl methyl sites for hydroxylation is 2. The second kappa shape index (κ2) is 13.4. The van der Waals surface area contributed by atoms with Gasteiger partial charge in [-0.1, -0.05) is 60.2 Å². The van der Waals surface area contributed by atoms with Crippen LogP contribution in [0.5, 0.6) is 0 Å². The summed E-state index contributed by atoms with van der Waals surface area (Å²) < 4.78 is 6.12. The van der Waals surface area contributed by atoms with Gasteiger partial charge in [-0.05, 0) is 60.6 Å². The van der Waals surface area contributed by atoms with Crippen LogP contribution in [0.1, 0.15) is 11.1 Å². The van der Waals surface area contributed by atoms with Crippen LogP contribution in [0.25, 0.3) is 55.9 Å². The molecule has 4 aromatic carbocycles. The molecule has 7 rings (SSSR count). The molecule has 0 atom stereocenters. The molecule has 0 saturated heterocycles. The van der Waals surface area contributed by atoms with Gasteiger partial charge in [-0.3, -0.25) is 0 Å². The molecule has 0 aliphatic carbocycles. The Morgan fingerprint density at radius 1 is 0.595 bits per heavy atom. The maximum atomic E-state index is 6.12. The first kappa shape index (κ1) is 28.9. The van der Waals surface area contributed by atoms with Crippen molar-refractivity contribution in [3.05, 3.63) is 157 Å². The van der Waals surface area contributed by atoms with Gasteiger partial charge in [-0.25, -0.2) is 0 Å². The first-order valence-corrected chi connectivity index (χ1v) is 13.6. The van der Waals surface area contributed by atoms with Crippen LogP contribution in [0.15, 0.2) is 138 Å². The van der Waals surface area contributed by atoms with Gasteiger partial charge >= 0.3 is 0 Å². The quantitative estimate of drug-likeness (QED) is 0.170. The Morgan fingerprint density at radius 2 is 1.38 bits per heavy atom. The maximum Gasteiger partial charge on any atom is 0.135 e. The van der Waals surface area contributed by atoms with Gasteiger partial charge in [0, 0.05) is 43.4 Å². The Labute approximate surface area is 260 Å². The third kappa shape index (κ3) is 6.47. The Hall–Kier alpha value is -4.63. The average Bonchev–Trinajstić information content (AvgIpc) is 3.49. The summed E-state index contributed by atoms with van der Waals surface area (Å²) in [5.41, 5.74) is 10.7. The first-order chi connectivity index (χ1) is 20.2. The van der Waals surface area contributed by atoms with Crippen molar-refractivity contribution >= 4 is 11.0 Å². The van der Waals surface area contributed by atoms with Crippen molar-refractivity contribution in [1.29, 1.82) is 0 Å². The number of hydrogen-bond acceptors (Lipinski definition) is 3. The zero-order valence-corrected chi connectivity index (χ0v) is 25.7. The van der Waals surface area contributed by atoms with E-state index in [-0.39, 0.29) is 20.1 Å². The zero-order valence-electron chi connectivity index (χ0n) is 23.3. The SMILES string of the molecule is Cc1ccnc(-c2[c-]ccc(-c3ccc4oc(-c5ccccc5)cc4c3C)c2)c1.[Ir].[c-]1ccccc1-c1ccccn1.